The zero-order valence-electron chi connectivity index (χ0n) is 15.8. The predicted molar refractivity (Wildman–Crippen MR) is 99.7 cm³/mol. The van der Waals surface area contributed by atoms with Crippen molar-refractivity contribution < 1.29 is 17.9 Å². The molecule has 5 rings (SSSR count). The third-order valence-corrected chi connectivity index (χ3v) is 8.67. The molecule has 0 radical (unpaired) electrons. The summed E-state index contributed by atoms with van der Waals surface area (Å²) in [6, 6.07) is 5.06. The number of nitrogens with one attached hydrogen (secondary N) is 1. The molecule has 1 aromatic rings. The Hall–Kier alpha value is -1.11. The fraction of sp³-hybridized carbons (Fsp3) is 0.700. The van der Waals surface area contributed by atoms with Crippen LogP contribution >= 0.6 is 0 Å². The Labute approximate surface area is 156 Å². The Morgan fingerprint density at radius 1 is 1.08 bits per heavy atom. The van der Waals surface area contributed by atoms with E-state index in [1.807, 2.05) is 0 Å². The molecule has 0 saturated heterocycles. The van der Waals surface area contributed by atoms with Gasteiger partial charge in [0.15, 0.2) is 0 Å². The summed E-state index contributed by atoms with van der Waals surface area (Å²) in [6.45, 7) is 2.16. The SMILES string of the molecule is COc1ccc(S(=O)(=O)NCC2(OC)C3CC4CC(C3)CC2C4)c(C)c1. The molecular formula is C20H29NO4S. The Kier molecular flexibility index (Phi) is 4.56. The lowest BCUT2D eigenvalue weighted by Crippen LogP contribution is -2.63. The van der Waals surface area contributed by atoms with Gasteiger partial charge in [-0.2, -0.15) is 0 Å². The summed E-state index contributed by atoms with van der Waals surface area (Å²) in [6.07, 6.45) is 6.10. The topological polar surface area (TPSA) is 64.6 Å². The molecule has 0 aliphatic heterocycles. The molecule has 144 valence electrons. The first-order chi connectivity index (χ1) is 12.4. The Bertz CT molecular complexity index is 761. The quantitative estimate of drug-likeness (QED) is 0.825. The van der Waals surface area contributed by atoms with Gasteiger partial charge in [-0.1, -0.05) is 0 Å². The number of rotatable bonds is 6. The van der Waals surface area contributed by atoms with Crippen molar-refractivity contribution >= 4 is 10.0 Å². The van der Waals surface area contributed by atoms with Gasteiger partial charge in [0.2, 0.25) is 10.0 Å². The number of hydrogen-bond donors (Lipinski definition) is 1. The van der Waals surface area contributed by atoms with Crippen LogP contribution in [0.3, 0.4) is 0 Å². The fourth-order valence-corrected chi connectivity index (χ4v) is 7.31. The van der Waals surface area contributed by atoms with E-state index in [1.54, 1.807) is 39.3 Å². The molecule has 0 atom stereocenters. The van der Waals surface area contributed by atoms with Crippen LogP contribution in [0.2, 0.25) is 0 Å². The van der Waals surface area contributed by atoms with Crippen LogP contribution < -0.4 is 9.46 Å². The van der Waals surface area contributed by atoms with Gasteiger partial charge in [-0.3, -0.25) is 0 Å². The molecule has 0 aromatic heterocycles. The predicted octanol–water partition coefficient (Wildman–Crippen LogP) is 3.12. The van der Waals surface area contributed by atoms with E-state index in [-0.39, 0.29) is 5.60 Å². The van der Waals surface area contributed by atoms with Gasteiger partial charge in [0, 0.05) is 13.7 Å². The molecule has 1 N–H and O–H groups in total. The van der Waals surface area contributed by atoms with E-state index < -0.39 is 10.0 Å². The second-order valence-electron chi connectivity index (χ2n) is 8.42. The van der Waals surface area contributed by atoms with Gasteiger partial charge in [-0.05, 0) is 86.5 Å². The highest BCUT2D eigenvalue weighted by Crippen LogP contribution is 2.59. The van der Waals surface area contributed by atoms with Crippen molar-refractivity contribution in [3.63, 3.8) is 0 Å². The van der Waals surface area contributed by atoms with E-state index in [0.717, 1.165) is 11.8 Å². The fourth-order valence-electron chi connectivity index (χ4n) is 6.01. The first-order valence-electron chi connectivity index (χ1n) is 9.57. The van der Waals surface area contributed by atoms with E-state index >= 15 is 0 Å². The van der Waals surface area contributed by atoms with Crippen LogP contribution in [0, 0.1) is 30.6 Å². The molecule has 4 aliphatic rings. The van der Waals surface area contributed by atoms with Gasteiger partial charge in [0.25, 0.3) is 0 Å². The second-order valence-corrected chi connectivity index (χ2v) is 10.2. The van der Waals surface area contributed by atoms with E-state index in [9.17, 15) is 8.42 Å². The van der Waals surface area contributed by atoms with Crippen molar-refractivity contribution in [3.8, 4) is 5.75 Å². The monoisotopic (exact) mass is 379 g/mol. The lowest BCUT2D eigenvalue weighted by molar-refractivity contribution is -0.185. The molecule has 6 heteroatoms. The highest BCUT2D eigenvalue weighted by molar-refractivity contribution is 7.89. The van der Waals surface area contributed by atoms with Crippen LogP contribution in [0.5, 0.6) is 5.75 Å². The largest absolute Gasteiger partial charge is 0.497 e. The summed E-state index contributed by atoms with van der Waals surface area (Å²) in [4.78, 5) is 0.313. The average molecular weight is 380 g/mol. The summed E-state index contributed by atoms with van der Waals surface area (Å²) in [5, 5.41) is 0. The van der Waals surface area contributed by atoms with Gasteiger partial charge < -0.3 is 9.47 Å². The number of hydrogen-bond acceptors (Lipinski definition) is 4. The first-order valence-corrected chi connectivity index (χ1v) is 11.1. The van der Waals surface area contributed by atoms with Crippen molar-refractivity contribution in [1.29, 1.82) is 0 Å². The van der Waals surface area contributed by atoms with Gasteiger partial charge in [0.05, 0.1) is 17.6 Å². The molecule has 4 saturated carbocycles. The highest BCUT2D eigenvalue weighted by Gasteiger charge is 2.57. The number of sulfonamides is 1. The maximum absolute atomic E-state index is 12.9. The summed E-state index contributed by atoms with van der Waals surface area (Å²) in [5.41, 5.74) is 0.342. The Morgan fingerprint density at radius 3 is 2.19 bits per heavy atom. The lowest BCUT2D eigenvalue weighted by atomic mass is 9.50. The minimum atomic E-state index is -3.58. The molecule has 0 amide bonds. The summed E-state index contributed by atoms with van der Waals surface area (Å²) in [7, 11) is -0.244. The maximum atomic E-state index is 12.9. The van der Waals surface area contributed by atoms with Gasteiger partial charge in [0.1, 0.15) is 5.75 Å². The summed E-state index contributed by atoms with van der Waals surface area (Å²) < 4.78 is 40.0. The van der Waals surface area contributed by atoms with Crippen LogP contribution in [0.15, 0.2) is 23.1 Å². The van der Waals surface area contributed by atoms with E-state index in [1.165, 1.54) is 32.1 Å². The van der Waals surface area contributed by atoms with Crippen LogP contribution in [-0.2, 0) is 14.8 Å². The van der Waals surface area contributed by atoms with Crippen molar-refractivity contribution in [2.45, 2.75) is 49.5 Å². The number of ether oxygens (including phenoxy) is 2. The maximum Gasteiger partial charge on any atom is 0.240 e. The normalized spacial score (nSPS) is 35.7. The smallest absolute Gasteiger partial charge is 0.240 e. The third kappa shape index (κ3) is 2.86. The standard InChI is InChI=1S/C20H29NO4S/c1-13-6-18(24-2)4-5-19(13)26(22,23)21-12-20(25-3)16-8-14-7-15(10-16)11-17(20)9-14/h4-6,14-17,21H,7-12H2,1-3H3. The molecule has 4 bridgehead atoms. The van der Waals surface area contributed by atoms with E-state index in [0.29, 0.717) is 34.6 Å². The molecule has 0 unspecified atom stereocenters. The van der Waals surface area contributed by atoms with Crippen molar-refractivity contribution in [2.24, 2.45) is 23.7 Å². The average Bonchev–Trinajstić information content (AvgIpc) is 2.61. The lowest BCUT2D eigenvalue weighted by Gasteiger charge is -2.60. The molecule has 1 aromatic carbocycles. The second kappa shape index (κ2) is 6.50. The Balaban J connectivity index is 1.55. The number of aryl methyl sites for hydroxylation is 1. The molecule has 0 spiro atoms. The molecule has 4 fully saturated rings. The zero-order valence-corrected chi connectivity index (χ0v) is 16.6. The number of methoxy groups -OCH3 is 2. The van der Waals surface area contributed by atoms with Crippen LogP contribution in [0.4, 0.5) is 0 Å². The molecule has 4 aliphatic carbocycles. The molecule has 0 heterocycles. The van der Waals surface area contributed by atoms with Crippen LogP contribution in [0.25, 0.3) is 0 Å². The molecule has 26 heavy (non-hydrogen) atoms. The van der Waals surface area contributed by atoms with Crippen LogP contribution in [-0.4, -0.2) is 34.8 Å². The highest BCUT2D eigenvalue weighted by atomic mass is 32.2. The van der Waals surface area contributed by atoms with Crippen molar-refractivity contribution in [1.82, 2.24) is 4.72 Å². The van der Waals surface area contributed by atoms with Crippen molar-refractivity contribution in [2.75, 3.05) is 20.8 Å². The van der Waals surface area contributed by atoms with Crippen molar-refractivity contribution in [3.05, 3.63) is 23.8 Å². The molecular weight excluding hydrogens is 350 g/mol. The number of benzene rings is 1. The van der Waals surface area contributed by atoms with E-state index in [4.69, 9.17) is 9.47 Å². The summed E-state index contributed by atoms with van der Waals surface area (Å²) in [5.74, 6) is 3.25. The Morgan fingerprint density at radius 2 is 1.69 bits per heavy atom. The first kappa shape index (κ1) is 18.3. The summed E-state index contributed by atoms with van der Waals surface area (Å²) >= 11 is 0. The minimum absolute atomic E-state index is 0.313. The van der Waals surface area contributed by atoms with E-state index in [2.05, 4.69) is 4.72 Å². The minimum Gasteiger partial charge on any atom is -0.497 e. The van der Waals surface area contributed by atoms with Gasteiger partial charge >= 0.3 is 0 Å². The van der Waals surface area contributed by atoms with Crippen LogP contribution in [0.1, 0.15) is 37.7 Å². The third-order valence-electron chi connectivity index (χ3n) is 7.11. The molecule has 5 nitrogen and oxygen atoms in total. The van der Waals surface area contributed by atoms with Gasteiger partial charge in [-0.15, -0.1) is 0 Å². The zero-order chi connectivity index (χ0) is 18.5. The van der Waals surface area contributed by atoms with Gasteiger partial charge in [-0.25, -0.2) is 13.1 Å².